The van der Waals surface area contributed by atoms with Crippen molar-refractivity contribution in [2.75, 3.05) is 38.4 Å². The Morgan fingerprint density at radius 1 is 1.04 bits per heavy atom. The van der Waals surface area contributed by atoms with E-state index in [1.54, 1.807) is 0 Å². The zero-order chi connectivity index (χ0) is 15.4. The first-order chi connectivity index (χ1) is 11.3. The van der Waals surface area contributed by atoms with E-state index in [1.807, 2.05) is 24.4 Å². The summed E-state index contributed by atoms with van der Waals surface area (Å²) in [6.45, 7) is 3.80. The van der Waals surface area contributed by atoms with Crippen LogP contribution in [0.3, 0.4) is 0 Å². The number of likely N-dealkylation sites (N-methyl/N-ethyl adjacent to an activating group) is 1. The molecule has 23 heavy (non-hydrogen) atoms. The average molecular weight is 309 g/mol. The molecule has 0 unspecified atom stereocenters. The normalized spacial score (nSPS) is 25.3. The third-order valence-corrected chi connectivity index (χ3v) is 5.28. The molecule has 2 aromatic rings. The fraction of sp³-hybridized carbons (Fsp3) is 0.389. The van der Waals surface area contributed by atoms with Crippen molar-refractivity contribution in [3.63, 3.8) is 0 Å². The van der Waals surface area contributed by atoms with E-state index in [0.717, 1.165) is 47.8 Å². The van der Waals surface area contributed by atoms with Gasteiger partial charge in [-0.2, -0.15) is 0 Å². The molecule has 3 aliphatic heterocycles. The van der Waals surface area contributed by atoms with E-state index in [-0.39, 0.29) is 0 Å². The van der Waals surface area contributed by atoms with Crippen LogP contribution in [0.25, 0.3) is 11.3 Å². The molecule has 0 spiro atoms. The van der Waals surface area contributed by atoms with E-state index >= 15 is 0 Å². The molecule has 118 valence electrons. The Balaban J connectivity index is 1.37. The first-order valence-corrected chi connectivity index (χ1v) is 8.09. The number of hydrogen-bond acceptors (Lipinski definition) is 5. The van der Waals surface area contributed by atoms with Crippen molar-refractivity contribution in [1.82, 2.24) is 9.88 Å². The average Bonchev–Trinajstić information content (AvgIpc) is 3.18. The van der Waals surface area contributed by atoms with Gasteiger partial charge in [0.2, 0.25) is 6.79 Å². The lowest BCUT2D eigenvalue weighted by atomic mass is 9.93. The van der Waals surface area contributed by atoms with Gasteiger partial charge < -0.3 is 19.3 Å². The van der Waals surface area contributed by atoms with Gasteiger partial charge >= 0.3 is 0 Å². The summed E-state index contributed by atoms with van der Waals surface area (Å²) in [5.74, 6) is 2.43. The fourth-order valence-electron chi connectivity index (χ4n) is 3.91. The van der Waals surface area contributed by atoms with Crippen molar-refractivity contribution in [3.05, 3.63) is 36.5 Å². The Labute approximate surface area is 135 Å². The van der Waals surface area contributed by atoms with Crippen molar-refractivity contribution in [3.8, 4) is 22.8 Å². The van der Waals surface area contributed by atoms with Gasteiger partial charge in [0.1, 0.15) is 0 Å². The van der Waals surface area contributed by atoms with Gasteiger partial charge in [-0.25, -0.2) is 0 Å². The SMILES string of the molecule is CN1C[C@@H]2CN(c3ccc(-c4ccc5c(c4)OCO5)nc3)C[C@@H]21. The smallest absolute Gasteiger partial charge is 0.231 e. The van der Waals surface area contributed by atoms with E-state index in [2.05, 4.69) is 34.0 Å². The van der Waals surface area contributed by atoms with Gasteiger partial charge in [0.25, 0.3) is 0 Å². The first kappa shape index (κ1) is 13.2. The zero-order valence-electron chi connectivity index (χ0n) is 13.1. The van der Waals surface area contributed by atoms with Crippen molar-refractivity contribution in [2.45, 2.75) is 6.04 Å². The molecule has 0 N–H and O–H groups in total. The third kappa shape index (κ3) is 2.07. The minimum atomic E-state index is 0.302. The number of fused-ring (bicyclic) bond motifs is 2. The number of aromatic nitrogens is 1. The van der Waals surface area contributed by atoms with Crippen molar-refractivity contribution >= 4 is 5.69 Å². The van der Waals surface area contributed by atoms with Crippen LogP contribution in [0.15, 0.2) is 36.5 Å². The Morgan fingerprint density at radius 3 is 2.74 bits per heavy atom. The van der Waals surface area contributed by atoms with Crippen LogP contribution in [0.2, 0.25) is 0 Å². The van der Waals surface area contributed by atoms with Gasteiger partial charge in [-0.3, -0.25) is 4.98 Å². The number of hydrogen-bond donors (Lipinski definition) is 0. The van der Waals surface area contributed by atoms with E-state index in [0.29, 0.717) is 6.79 Å². The third-order valence-electron chi connectivity index (χ3n) is 5.28. The highest BCUT2D eigenvalue weighted by molar-refractivity contribution is 5.66. The molecule has 5 heteroatoms. The minimum Gasteiger partial charge on any atom is -0.454 e. The van der Waals surface area contributed by atoms with Crippen molar-refractivity contribution in [1.29, 1.82) is 0 Å². The molecule has 5 rings (SSSR count). The quantitative estimate of drug-likeness (QED) is 0.850. The lowest BCUT2D eigenvalue weighted by Gasteiger charge is -2.40. The van der Waals surface area contributed by atoms with E-state index in [9.17, 15) is 0 Å². The Hall–Kier alpha value is -2.27. The number of pyridine rings is 1. The number of nitrogens with zero attached hydrogens (tertiary/aromatic N) is 3. The molecule has 4 heterocycles. The molecule has 3 aliphatic rings. The molecule has 0 aliphatic carbocycles. The maximum atomic E-state index is 5.44. The minimum absolute atomic E-state index is 0.302. The predicted molar refractivity (Wildman–Crippen MR) is 87.9 cm³/mol. The zero-order valence-corrected chi connectivity index (χ0v) is 13.1. The maximum Gasteiger partial charge on any atom is 0.231 e. The summed E-state index contributed by atoms with van der Waals surface area (Å²) in [7, 11) is 2.21. The molecular formula is C18H19N3O2. The maximum absolute atomic E-state index is 5.44. The van der Waals surface area contributed by atoms with Crippen molar-refractivity contribution < 1.29 is 9.47 Å². The van der Waals surface area contributed by atoms with E-state index < -0.39 is 0 Å². The number of benzene rings is 1. The van der Waals surface area contributed by atoms with Crippen LogP contribution in [0.4, 0.5) is 5.69 Å². The summed E-state index contributed by atoms with van der Waals surface area (Å²) in [5, 5.41) is 0. The molecule has 2 atom stereocenters. The van der Waals surface area contributed by atoms with Crippen LogP contribution in [-0.4, -0.2) is 49.4 Å². The number of ether oxygens (including phenoxy) is 2. The Morgan fingerprint density at radius 2 is 1.96 bits per heavy atom. The highest BCUT2D eigenvalue weighted by Crippen LogP contribution is 2.36. The molecule has 0 bridgehead atoms. The van der Waals surface area contributed by atoms with Crippen LogP contribution >= 0.6 is 0 Å². The van der Waals surface area contributed by atoms with Gasteiger partial charge in [0.15, 0.2) is 11.5 Å². The van der Waals surface area contributed by atoms with Crippen molar-refractivity contribution in [2.24, 2.45) is 5.92 Å². The van der Waals surface area contributed by atoms with Gasteiger partial charge in [-0.05, 0) is 37.4 Å². The van der Waals surface area contributed by atoms with Crippen LogP contribution < -0.4 is 14.4 Å². The predicted octanol–water partition coefficient (Wildman–Crippen LogP) is 2.23. The lowest BCUT2D eigenvalue weighted by molar-refractivity contribution is 0.0827. The monoisotopic (exact) mass is 309 g/mol. The molecule has 2 saturated heterocycles. The standard InChI is InChI=1S/C18H19N3O2/c1-20-8-13-9-21(10-16(13)20)14-3-4-15(19-7-14)12-2-5-17-18(6-12)23-11-22-17/h2-7,13,16H,8-11H2,1H3/t13-,16+/m1/s1. The summed E-state index contributed by atoms with van der Waals surface area (Å²) >= 11 is 0. The Kier molecular flexibility index (Phi) is 2.79. The molecule has 1 aromatic heterocycles. The molecule has 1 aromatic carbocycles. The summed E-state index contributed by atoms with van der Waals surface area (Å²) in [4.78, 5) is 9.55. The largest absolute Gasteiger partial charge is 0.454 e. The number of rotatable bonds is 2. The topological polar surface area (TPSA) is 37.8 Å². The molecule has 0 radical (unpaired) electrons. The Bertz CT molecular complexity index is 746. The van der Waals surface area contributed by atoms with Gasteiger partial charge in [0, 0.05) is 37.2 Å². The molecule has 2 fully saturated rings. The highest BCUT2D eigenvalue weighted by Gasteiger charge is 2.43. The van der Waals surface area contributed by atoms with Crippen LogP contribution in [0, 0.1) is 5.92 Å². The van der Waals surface area contributed by atoms with E-state index in [1.165, 1.54) is 12.2 Å². The number of likely N-dealkylation sites (tertiary alicyclic amines) is 1. The summed E-state index contributed by atoms with van der Waals surface area (Å²) in [6, 6.07) is 11.0. The molecule has 0 saturated carbocycles. The van der Waals surface area contributed by atoms with Crippen LogP contribution in [0.5, 0.6) is 11.5 Å². The summed E-state index contributed by atoms with van der Waals surface area (Å²) < 4.78 is 10.8. The van der Waals surface area contributed by atoms with E-state index in [4.69, 9.17) is 9.47 Å². The molecular weight excluding hydrogens is 290 g/mol. The first-order valence-electron chi connectivity index (χ1n) is 8.09. The molecule has 5 nitrogen and oxygen atoms in total. The van der Waals surface area contributed by atoms with Gasteiger partial charge in [0.05, 0.1) is 17.6 Å². The van der Waals surface area contributed by atoms with Crippen LogP contribution in [-0.2, 0) is 0 Å². The molecule has 0 amide bonds. The fourth-order valence-corrected chi connectivity index (χ4v) is 3.91. The lowest BCUT2D eigenvalue weighted by Crippen LogP contribution is -2.52. The summed E-state index contributed by atoms with van der Waals surface area (Å²) in [5.41, 5.74) is 3.24. The second-order valence-electron chi connectivity index (χ2n) is 6.64. The van der Waals surface area contributed by atoms with Crippen LogP contribution in [0.1, 0.15) is 0 Å². The summed E-state index contributed by atoms with van der Waals surface area (Å²) in [6.07, 6.45) is 1.99. The van der Waals surface area contributed by atoms with Gasteiger partial charge in [-0.1, -0.05) is 0 Å². The van der Waals surface area contributed by atoms with Gasteiger partial charge in [-0.15, -0.1) is 0 Å². The second kappa shape index (κ2) is 4.86. The second-order valence-corrected chi connectivity index (χ2v) is 6.64. The number of anilines is 1. The highest BCUT2D eigenvalue weighted by atomic mass is 16.7.